The Morgan fingerprint density at radius 3 is 2.86 bits per heavy atom. The van der Waals surface area contributed by atoms with Crippen LogP contribution in [0.1, 0.15) is 44.6 Å². The monoisotopic (exact) mass is 288 g/mol. The number of nitrogens with one attached hydrogen (secondary N) is 1. The van der Waals surface area contributed by atoms with Gasteiger partial charge in [-0.05, 0) is 38.0 Å². The number of nitriles is 1. The van der Waals surface area contributed by atoms with Crippen molar-refractivity contribution in [3.05, 3.63) is 29.8 Å². The van der Waals surface area contributed by atoms with Crippen molar-refractivity contribution in [2.24, 2.45) is 0 Å². The van der Waals surface area contributed by atoms with Gasteiger partial charge in [0, 0.05) is 12.1 Å². The van der Waals surface area contributed by atoms with E-state index in [0.29, 0.717) is 17.9 Å². The second-order valence-corrected chi connectivity index (χ2v) is 6.11. The van der Waals surface area contributed by atoms with Crippen LogP contribution in [-0.4, -0.2) is 29.9 Å². The van der Waals surface area contributed by atoms with E-state index in [1.54, 1.807) is 24.3 Å². The van der Waals surface area contributed by atoms with Crippen LogP contribution in [0.3, 0.4) is 0 Å². The Hall–Kier alpha value is -1.57. The van der Waals surface area contributed by atoms with E-state index in [-0.39, 0.29) is 12.1 Å². The van der Waals surface area contributed by atoms with E-state index in [2.05, 4.69) is 18.3 Å². The molecule has 1 aromatic carbocycles. The highest BCUT2D eigenvalue weighted by atomic mass is 16.5. The number of rotatable bonds is 6. The van der Waals surface area contributed by atoms with Gasteiger partial charge >= 0.3 is 0 Å². The number of aliphatic hydroxyl groups excluding tert-OH is 1. The van der Waals surface area contributed by atoms with Crippen molar-refractivity contribution >= 4 is 0 Å². The summed E-state index contributed by atoms with van der Waals surface area (Å²) in [5.74, 6) is 0.622. The first kappa shape index (κ1) is 15.8. The number of benzene rings is 1. The van der Waals surface area contributed by atoms with Gasteiger partial charge in [0.2, 0.25) is 0 Å². The topological polar surface area (TPSA) is 65.3 Å². The highest BCUT2D eigenvalue weighted by Gasteiger charge is 2.26. The Bertz CT molecular complexity index is 490. The Labute approximate surface area is 126 Å². The molecule has 21 heavy (non-hydrogen) atoms. The highest BCUT2D eigenvalue weighted by Crippen LogP contribution is 2.27. The fourth-order valence-electron chi connectivity index (χ4n) is 2.78. The third-order valence-corrected chi connectivity index (χ3v) is 4.13. The van der Waals surface area contributed by atoms with Crippen molar-refractivity contribution in [3.8, 4) is 11.8 Å². The third kappa shape index (κ3) is 5.04. The number of nitrogens with zero attached hydrogens (tertiary/aromatic N) is 1. The summed E-state index contributed by atoms with van der Waals surface area (Å²) in [5.41, 5.74) is 0.717. The van der Waals surface area contributed by atoms with E-state index in [4.69, 9.17) is 10.00 Å². The summed E-state index contributed by atoms with van der Waals surface area (Å²) in [6.45, 7) is 3.00. The molecule has 0 aliphatic heterocycles. The molecule has 1 atom stereocenters. The molecular weight excluding hydrogens is 264 g/mol. The third-order valence-electron chi connectivity index (χ3n) is 4.13. The van der Waals surface area contributed by atoms with E-state index in [0.717, 1.165) is 0 Å². The van der Waals surface area contributed by atoms with E-state index in [9.17, 15) is 5.11 Å². The predicted molar refractivity (Wildman–Crippen MR) is 82.2 cm³/mol. The molecule has 114 valence electrons. The molecule has 1 fully saturated rings. The molecular formula is C17H24N2O2. The van der Waals surface area contributed by atoms with Gasteiger partial charge in [-0.3, -0.25) is 0 Å². The summed E-state index contributed by atoms with van der Waals surface area (Å²) in [6.07, 6.45) is 5.64. The fourth-order valence-corrected chi connectivity index (χ4v) is 2.78. The number of hydrogen-bond acceptors (Lipinski definition) is 4. The zero-order chi connectivity index (χ0) is 15.1. The molecule has 0 radical (unpaired) electrons. The smallest absolute Gasteiger partial charge is 0.120 e. The summed E-state index contributed by atoms with van der Waals surface area (Å²) < 4.78 is 5.54. The minimum absolute atomic E-state index is 0.153. The maximum atomic E-state index is 10.0. The second-order valence-electron chi connectivity index (χ2n) is 6.11. The van der Waals surface area contributed by atoms with Crippen LogP contribution in [0.15, 0.2) is 24.3 Å². The van der Waals surface area contributed by atoms with Gasteiger partial charge in [-0.25, -0.2) is 0 Å². The molecule has 0 aromatic heterocycles. The Morgan fingerprint density at radius 2 is 2.14 bits per heavy atom. The van der Waals surface area contributed by atoms with Crippen molar-refractivity contribution in [2.45, 2.75) is 50.7 Å². The largest absolute Gasteiger partial charge is 0.491 e. The van der Waals surface area contributed by atoms with Crippen molar-refractivity contribution < 1.29 is 9.84 Å². The maximum Gasteiger partial charge on any atom is 0.120 e. The summed E-state index contributed by atoms with van der Waals surface area (Å²) >= 11 is 0. The Balaban J connectivity index is 1.74. The number of hydrogen-bond donors (Lipinski definition) is 2. The molecule has 1 unspecified atom stereocenters. The SMILES string of the molecule is CC1(NCC(O)COc2cccc(C#N)c2)CCCCC1. The van der Waals surface area contributed by atoms with Gasteiger partial charge in [0.15, 0.2) is 0 Å². The van der Waals surface area contributed by atoms with Gasteiger partial charge in [0.1, 0.15) is 18.5 Å². The molecule has 0 saturated heterocycles. The van der Waals surface area contributed by atoms with Crippen LogP contribution in [0.2, 0.25) is 0 Å². The van der Waals surface area contributed by atoms with Crippen molar-refractivity contribution in [1.82, 2.24) is 5.32 Å². The highest BCUT2D eigenvalue weighted by molar-refractivity contribution is 5.36. The lowest BCUT2D eigenvalue weighted by Gasteiger charge is -2.35. The van der Waals surface area contributed by atoms with Gasteiger partial charge in [-0.1, -0.05) is 25.3 Å². The number of β-amino-alcohol motifs (C(OH)–C–C–N with tert-alkyl or cyclic N) is 1. The fraction of sp³-hybridized carbons (Fsp3) is 0.588. The van der Waals surface area contributed by atoms with Gasteiger partial charge in [-0.2, -0.15) is 5.26 Å². The number of aliphatic hydroxyl groups is 1. The lowest BCUT2D eigenvalue weighted by Crippen LogP contribution is -2.48. The normalized spacial score (nSPS) is 18.7. The van der Waals surface area contributed by atoms with E-state index < -0.39 is 6.10 Å². The molecule has 2 rings (SSSR count). The molecule has 0 heterocycles. The van der Waals surface area contributed by atoms with Crippen LogP contribution in [0.4, 0.5) is 0 Å². The predicted octanol–water partition coefficient (Wildman–Crippen LogP) is 2.61. The second kappa shape index (κ2) is 7.44. The van der Waals surface area contributed by atoms with Crippen LogP contribution in [0, 0.1) is 11.3 Å². The van der Waals surface area contributed by atoms with Crippen molar-refractivity contribution in [2.75, 3.05) is 13.2 Å². The maximum absolute atomic E-state index is 10.0. The summed E-state index contributed by atoms with van der Waals surface area (Å²) in [6, 6.07) is 9.06. The zero-order valence-electron chi connectivity index (χ0n) is 12.6. The van der Waals surface area contributed by atoms with Crippen LogP contribution in [0.5, 0.6) is 5.75 Å². The standard InChI is InChI=1S/C17H24N2O2/c1-17(8-3-2-4-9-17)19-12-15(20)13-21-16-7-5-6-14(10-16)11-18/h5-7,10,15,19-20H,2-4,8-9,12-13H2,1H3. The summed E-state index contributed by atoms with van der Waals surface area (Å²) in [4.78, 5) is 0. The van der Waals surface area contributed by atoms with Gasteiger partial charge < -0.3 is 15.2 Å². The summed E-state index contributed by atoms with van der Waals surface area (Å²) in [7, 11) is 0. The molecule has 0 bridgehead atoms. The Kier molecular flexibility index (Phi) is 5.60. The lowest BCUT2D eigenvalue weighted by atomic mass is 9.83. The van der Waals surface area contributed by atoms with E-state index in [1.165, 1.54) is 32.1 Å². The number of ether oxygens (including phenoxy) is 1. The quantitative estimate of drug-likeness (QED) is 0.844. The Morgan fingerprint density at radius 1 is 1.38 bits per heavy atom. The lowest BCUT2D eigenvalue weighted by molar-refractivity contribution is 0.0930. The molecule has 4 heteroatoms. The van der Waals surface area contributed by atoms with E-state index in [1.807, 2.05) is 0 Å². The molecule has 2 N–H and O–H groups in total. The molecule has 4 nitrogen and oxygen atoms in total. The summed E-state index contributed by atoms with van der Waals surface area (Å²) in [5, 5.41) is 22.3. The van der Waals surface area contributed by atoms with Gasteiger partial charge in [0.25, 0.3) is 0 Å². The average molecular weight is 288 g/mol. The first-order chi connectivity index (χ1) is 10.1. The van der Waals surface area contributed by atoms with Gasteiger partial charge in [-0.15, -0.1) is 0 Å². The molecule has 1 aliphatic rings. The van der Waals surface area contributed by atoms with E-state index >= 15 is 0 Å². The van der Waals surface area contributed by atoms with Crippen LogP contribution >= 0.6 is 0 Å². The van der Waals surface area contributed by atoms with Gasteiger partial charge in [0.05, 0.1) is 11.6 Å². The average Bonchev–Trinajstić information content (AvgIpc) is 2.52. The zero-order valence-corrected chi connectivity index (χ0v) is 12.6. The first-order valence-electron chi connectivity index (χ1n) is 7.67. The minimum atomic E-state index is -0.547. The molecule has 0 spiro atoms. The first-order valence-corrected chi connectivity index (χ1v) is 7.67. The van der Waals surface area contributed by atoms with Crippen molar-refractivity contribution in [1.29, 1.82) is 5.26 Å². The van der Waals surface area contributed by atoms with Crippen LogP contribution in [-0.2, 0) is 0 Å². The molecule has 1 aromatic rings. The minimum Gasteiger partial charge on any atom is -0.491 e. The van der Waals surface area contributed by atoms with Crippen LogP contribution < -0.4 is 10.1 Å². The van der Waals surface area contributed by atoms with Crippen LogP contribution in [0.25, 0.3) is 0 Å². The molecule has 1 saturated carbocycles. The van der Waals surface area contributed by atoms with Crippen molar-refractivity contribution in [3.63, 3.8) is 0 Å². The molecule has 1 aliphatic carbocycles. The molecule has 0 amide bonds.